The Kier molecular flexibility index (Phi) is 7.95. The zero-order valence-electron chi connectivity index (χ0n) is 19.3. The van der Waals surface area contributed by atoms with E-state index in [4.69, 9.17) is 0 Å². The molecule has 176 valence electrons. The van der Waals surface area contributed by atoms with Crippen LogP contribution in [0.3, 0.4) is 0 Å². The number of Topliss-reactive ketones (excluding diaryl/α,β-unsaturated/α-hetero) is 1. The molecule has 2 aromatic carbocycles. The highest BCUT2D eigenvalue weighted by atomic mass is 32.2. The van der Waals surface area contributed by atoms with Gasteiger partial charge < -0.3 is 10.6 Å². The van der Waals surface area contributed by atoms with Crippen LogP contribution in [-0.2, 0) is 9.59 Å². The van der Waals surface area contributed by atoms with Crippen LogP contribution in [0, 0.1) is 6.92 Å². The predicted molar refractivity (Wildman–Crippen MR) is 132 cm³/mol. The van der Waals surface area contributed by atoms with E-state index in [0.717, 1.165) is 17.3 Å². The second-order valence-electron chi connectivity index (χ2n) is 7.64. The number of amides is 2. The van der Waals surface area contributed by atoms with E-state index in [2.05, 4.69) is 25.8 Å². The summed E-state index contributed by atoms with van der Waals surface area (Å²) in [5.41, 5.74) is 2.53. The summed E-state index contributed by atoms with van der Waals surface area (Å²) in [6.45, 7) is 6.76. The molecule has 3 N–H and O–H groups in total. The number of anilines is 2. The number of carbonyl (C=O) groups is 3. The lowest BCUT2D eigenvalue weighted by Gasteiger charge is -2.12. The Bertz CT molecular complexity index is 1290. The van der Waals surface area contributed by atoms with E-state index in [1.54, 1.807) is 50.2 Å². The number of aromatic nitrogens is 3. The van der Waals surface area contributed by atoms with Crippen LogP contribution in [0.15, 0.2) is 52.4 Å². The van der Waals surface area contributed by atoms with Crippen LogP contribution in [0.2, 0.25) is 0 Å². The van der Waals surface area contributed by atoms with E-state index in [9.17, 15) is 19.2 Å². The maximum Gasteiger partial charge on any atom is 0.278 e. The van der Waals surface area contributed by atoms with Crippen molar-refractivity contribution in [2.45, 2.75) is 44.5 Å². The molecule has 1 atom stereocenters. The monoisotopic (exact) mass is 479 g/mol. The summed E-state index contributed by atoms with van der Waals surface area (Å²) < 4.78 is 0. The van der Waals surface area contributed by atoms with Gasteiger partial charge in [0.15, 0.2) is 16.6 Å². The normalized spacial score (nSPS) is 11.5. The highest BCUT2D eigenvalue weighted by molar-refractivity contribution is 8.00. The predicted octanol–water partition coefficient (Wildman–Crippen LogP) is 3.81. The van der Waals surface area contributed by atoms with Gasteiger partial charge in [-0.3, -0.25) is 24.2 Å². The van der Waals surface area contributed by atoms with Gasteiger partial charge in [-0.25, -0.2) is 0 Å². The van der Waals surface area contributed by atoms with Crippen molar-refractivity contribution in [2.75, 3.05) is 10.6 Å². The molecule has 1 heterocycles. The molecule has 0 saturated heterocycles. The van der Waals surface area contributed by atoms with Gasteiger partial charge in [0.1, 0.15) is 0 Å². The topological polar surface area (TPSA) is 134 Å². The van der Waals surface area contributed by atoms with Crippen LogP contribution in [0.4, 0.5) is 11.4 Å². The smallest absolute Gasteiger partial charge is 0.278 e. The largest absolute Gasteiger partial charge is 0.325 e. The summed E-state index contributed by atoms with van der Waals surface area (Å²) in [5.74, 6) is -0.536. The lowest BCUT2D eigenvalue weighted by atomic mass is 10.1. The average Bonchev–Trinajstić information content (AvgIpc) is 2.80. The van der Waals surface area contributed by atoms with Crippen LogP contribution in [0.1, 0.15) is 43.1 Å². The first-order chi connectivity index (χ1) is 16.2. The second-order valence-corrected chi connectivity index (χ2v) is 8.97. The second kappa shape index (κ2) is 10.9. The fraction of sp³-hybridized carbons (Fsp3) is 0.250. The van der Waals surface area contributed by atoms with Crippen LogP contribution >= 0.6 is 11.8 Å². The number of H-pyrrole nitrogens is 1. The highest BCUT2D eigenvalue weighted by Gasteiger charge is 2.19. The van der Waals surface area contributed by atoms with Gasteiger partial charge in [-0.05, 0) is 57.2 Å². The van der Waals surface area contributed by atoms with E-state index < -0.39 is 10.8 Å². The maximum absolute atomic E-state index is 12.8. The fourth-order valence-electron chi connectivity index (χ4n) is 3.01. The van der Waals surface area contributed by atoms with Crippen LogP contribution in [0.5, 0.6) is 0 Å². The molecule has 0 fully saturated rings. The molecule has 1 aromatic heterocycles. The number of thioether (sulfide) groups is 1. The summed E-state index contributed by atoms with van der Waals surface area (Å²) in [5, 5.41) is 13.3. The number of rotatable bonds is 8. The van der Waals surface area contributed by atoms with Gasteiger partial charge >= 0.3 is 0 Å². The van der Waals surface area contributed by atoms with Crippen LogP contribution in [-0.4, -0.2) is 38.0 Å². The van der Waals surface area contributed by atoms with E-state index in [1.807, 2.05) is 13.0 Å². The highest BCUT2D eigenvalue weighted by Crippen LogP contribution is 2.26. The van der Waals surface area contributed by atoms with Crippen LogP contribution < -0.4 is 16.2 Å². The average molecular weight is 480 g/mol. The number of hydrogen-bond donors (Lipinski definition) is 3. The number of aromatic amines is 1. The van der Waals surface area contributed by atoms with Gasteiger partial charge in [-0.15, -0.1) is 10.2 Å². The van der Waals surface area contributed by atoms with Gasteiger partial charge in [0, 0.05) is 23.2 Å². The number of carbonyl (C=O) groups excluding carboxylic acids is 3. The van der Waals surface area contributed by atoms with E-state index >= 15 is 0 Å². The molecule has 0 saturated carbocycles. The minimum absolute atomic E-state index is 0.0571. The zero-order valence-corrected chi connectivity index (χ0v) is 20.1. The van der Waals surface area contributed by atoms with E-state index in [0.29, 0.717) is 28.9 Å². The Balaban J connectivity index is 1.75. The Labute approximate surface area is 200 Å². The zero-order chi connectivity index (χ0) is 24.8. The van der Waals surface area contributed by atoms with Crippen molar-refractivity contribution in [3.63, 3.8) is 0 Å². The Morgan fingerprint density at radius 2 is 1.76 bits per heavy atom. The van der Waals surface area contributed by atoms with Crippen molar-refractivity contribution >= 4 is 40.7 Å². The van der Waals surface area contributed by atoms with Gasteiger partial charge in [-0.2, -0.15) is 0 Å². The Morgan fingerprint density at radius 1 is 1.06 bits per heavy atom. The molecule has 34 heavy (non-hydrogen) atoms. The first-order valence-electron chi connectivity index (χ1n) is 10.6. The lowest BCUT2D eigenvalue weighted by molar-refractivity contribution is -0.116. The molecule has 0 unspecified atom stereocenters. The van der Waals surface area contributed by atoms with Gasteiger partial charge in [0.2, 0.25) is 11.8 Å². The summed E-state index contributed by atoms with van der Waals surface area (Å²) in [7, 11) is 0. The SMILES string of the molecule is CCC(=O)Nc1ccc(C)cc1-c1nnc(S[C@H](C)C(=O)Nc2ccc(C(C)=O)cc2)[nH]c1=O. The number of ketones is 1. The minimum atomic E-state index is -0.582. The summed E-state index contributed by atoms with van der Waals surface area (Å²) in [6, 6.07) is 11.9. The number of nitrogens with zero attached hydrogens (tertiary/aromatic N) is 2. The van der Waals surface area contributed by atoms with Crippen molar-refractivity contribution in [3.05, 3.63) is 63.9 Å². The van der Waals surface area contributed by atoms with E-state index in [1.165, 1.54) is 6.92 Å². The summed E-state index contributed by atoms with van der Waals surface area (Å²) in [4.78, 5) is 51.2. The van der Waals surface area contributed by atoms with Crippen molar-refractivity contribution in [3.8, 4) is 11.3 Å². The molecule has 3 rings (SSSR count). The molecule has 3 aromatic rings. The van der Waals surface area contributed by atoms with Crippen molar-refractivity contribution < 1.29 is 14.4 Å². The standard InChI is InChI=1S/C24H25N5O4S/c1-5-20(31)26-19-11-6-13(2)12-18(19)21-23(33)27-24(29-28-21)34-15(4)22(32)25-17-9-7-16(8-10-17)14(3)30/h6-12,15H,5H2,1-4H3,(H,25,32)(H,26,31)(H,27,29,33)/t15-/m1/s1. The molecule has 0 aliphatic heterocycles. The number of nitrogens with one attached hydrogen (secondary N) is 3. The summed E-state index contributed by atoms with van der Waals surface area (Å²) >= 11 is 1.05. The molecule has 10 heteroatoms. The number of aryl methyl sites for hydroxylation is 1. The molecule has 0 bridgehead atoms. The summed E-state index contributed by atoms with van der Waals surface area (Å²) in [6.07, 6.45) is 0.297. The third-order valence-electron chi connectivity index (χ3n) is 4.92. The van der Waals surface area contributed by atoms with E-state index in [-0.39, 0.29) is 28.4 Å². The molecule has 9 nitrogen and oxygen atoms in total. The molecule has 0 aliphatic rings. The quantitative estimate of drug-likeness (QED) is 0.330. The molecule has 2 amide bonds. The first-order valence-corrected chi connectivity index (χ1v) is 11.5. The van der Waals surface area contributed by atoms with Gasteiger partial charge in [0.05, 0.1) is 10.9 Å². The minimum Gasteiger partial charge on any atom is -0.325 e. The van der Waals surface area contributed by atoms with Crippen molar-refractivity contribution in [1.82, 2.24) is 15.2 Å². The van der Waals surface area contributed by atoms with Gasteiger partial charge in [-0.1, -0.05) is 30.3 Å². The maximum atomic E-state index is 12.8. The van der Waals surface area contributed by atoms with Crippen LogP contribution in [0.25, 0.3) is 11.3 Å². The van der Waals surface area contributed by atoms with Crippen molar-refractivity contribution in [2.24, 2.45) is 0 Å². The third-order valence-corrected chi connectivity index (χ3v) is 5.89. The molecular formula is C24H25N5O4S. The fourth-order valence-corrected chi connectivity index (χ4v) is 3.75. The molecular weight excluding hydrogens is 454 g/mol. The van der Waals surface area contributed by atoms with Crippen molar-refractivity contribution in [1.29, 1.82) is 0 Å². The third kappa shape index (κ3) is 6.16. The lowest BCUT2D eigenvalue weighted by Crippen LogP contribution is -2.24. The van der Waals surface area contributed by atoms with Gasteiger partial charge in [0.25, 0.3) is 5.56 Å². The first kappa shape index (κ1) is 24.8. The Morgan fingerprint density at radius 3 is 2.38 bits per heavy atom. The molecule has 0 aliphatic carbocycles. The number of benzene rings is 2. The number of hydrogen-bond acceptors (Lipinski definition) is 7. The molecule has 0 spiro atoms. The Hall–Kier alpha value is -3.79. The molecule has 0 radical (unpaired) electrons.